The zero-order valence-electron chi connectivity index (χ0n) is 12.5. The normalized spacial score (nSPS) is 14.4. The summed E-state index contributed by atoms with van der Waals surface area (Å²) < 4.78 is 1.83. The molecule has 2 rings (SSSR count). The Bertz CT molecular complexity index is 520. The molecule has 0 spiro atoms. The second-order valence-electron chi connectivity index (χ2n) is 5.35. The van der Waals surface area contributed by atoms with Crippen molar-refractivity contribution in [2.75, 3.05) is 7.05 Å². The van der Waals surface area contributed by atoms with Crippen molar-refractivity contribution in [3.63, 3.8) is 0 Å². The van der Waals surface area contributed by atoms with E-state index in [1.165, 1.54) is 11.1 Å². The van der Waals surface area contributed by atoms with Gasteiger partial charge in [-0.1, -0.05) is 37.3 Å². The van der Waals surface area contributed by atoms with E-state index in [1.54, 1.807) is 0 Å². The molecular formula is C16H24N4. The highest BCUT2D eigenvalue weighted by molar-refractivity contribution is 5.20. The zero-order chi connectivity index (χ0) is 14.5. The zero-order valence-corrected chi connectivity index (χ0v) is 12.5. The maximum atomic E-state index is 6.45. The van der Waals surface area contributed by atoms with Crippen LogP contribution in [0.1, 0.15) is 30.5 Å². The Balaban J connectivity index is 2.07. The number of benzene rings is 1. The van der Waals surface area contributed by atoms with Gasteiger partial charge < -0.3 is 5.73 Å². The summed E-state index contributed by atoms with van der Waals surface area (Å²) in [5.74, 6) is 0. The van der Waals surface area contributed by atoms with E-state index in [4.69, 9.17) is 5.73 Å². The van der Waals surface area contributed by atoms with E-state index in [0.29, 0.717) is 6.04 Å². The highest BCUT2D eigenvalue weighted by atomic mass is 15.2. The van der Waals surface area contributed by atoms with Crippen LogP contribution in [0.25, 0.3) is 0 Å². The largest absolute Gasteiger partial charge is 0.323 e. The summed E-state index contributed by atoms with van der Waals surface area (Å²) in [7, 11) is 4.07. The number of hydrogen-bond acceptors (Lipinski definition) is 3. The monoisotopic (exact) mass is 272 g/mol. The minimum absolute atomic E-state index is 0.0304. The first-order valence-corrected chi connectivity index (χ1v) is 7.10. The van der Waals surface area contributed by atoms with Crippen molar-refractivity contribution in [2.45, 2.75) is 32.0 Å². The molecule has 2 atom stereocenters. The second-order valence-corrected chi connectivity index (χ2v) is 5.35. The third-order valence-corrected chi connectivity index (χ3v) is 3.77. The third-order valence-electron chi connectivity index (χ3n) is 3.77. The SMILES string of the molecule is CCC(C(N)c1ccccc1)N(C)Cc1cnn(C)c1. The fourth-order valence-corrected chi connectivity index (χ4v) is 2.70. The van der Waals surface area contributed by atoms with Crippen LogP contribution in [0.2, 0.25) is 0 Å². The van der Waals surface area contributed by atoms with Gasteiger partial charge in [-0.2, -0.15) is 5.10 Å². The molecule has 20 heavy (non-hydrogen) atoms. The van der Waals surface area contributed by atoms with Gasteiger partial charge in [0.15, 0.2) is 0 Å². The molecule has 1 aromatic carbocycles. The van der Waals surface area contributed by atoms with Crippen molar-refractivity contribution >= 4 is 0 Å². The van der Waals surface area contributed by atoms with E-state index in [0.717, 1.165) is 13.0 Å². The van der Waals surface area contributed by atoms with Gasteiger partial charge in [-0.25, -0.2) is 0 Å². The molecule has 0 aliphatic heterocycles. The van der Waals surface area contributed by atoms with Crippen molar-refractivity contribution in [3.8, 4) is 0 Å². The molecule has 4 nitrogen and oxygen atoms in total. The first-order chi connectivity index (χ1) is 9.61. The molecule has 0 bridgehead atoms. The number of hydrogen-bond donors (Lipinski definition) is 1. The summed E-state index contributed by atoms with van der Waals surface area (Å²) in [5.41, 5.74) is 8.86. The van der Waals surface area contributed by atoms with Crippen LogP contribution in [0.3, 0.4) is 0 Å². The van der Waals surface area contributed by atoms with Crippen LogP contribution in [-0.2, 0) is 13.6 Å². The molecule has 0 fully saturated rings. The van der Waals surface area contributed by atoms with Crippen LogP contribution < -0.4 is 5.73 Å². The van der Waals surface area contributed by atoms with Crippen LogP contribution in [0, 0.1) is 0 Å². The molecule has 2 unspecified atom stereocenters. The minimum atomic E-state index is 0.0304. The predicted molar refractivity (Wildman–Crippen MR) is 82.1 cm³/mol. The van der Waals surface area contributed by atoms with Gasteiger partial charge in [-0.15, -0.1) is 0 Å². The van der Waals surface area contributed by atoms with Gasteiger partial charge in [0.1, 0.15) is 0 Å². The van der Waals surface area contributed by atoms with Gasteiger partial charge in [-0.05, 0) is 19.0 Å². The minimum Gasteiger partial charge on any atom is -0.323 e. The predicted octanol–water partition coefficient (Wildman–Crippen LogP) is 2.33. The molecule has 1 aromatic heterocycles. The molecule has 0 saturated carbocycles. The molecule has 0 saturated heterocycles. The average Bonchev–Trinajstić information content (AvgIpc) is 2.85. The summed E-state index contributed by atoms with van der Waals surface area (Å²) in [6.45, 7) is 3.06. The Morgan fingerprint density at radius 1 is 1.30 bits per heavy atom. The molecule has 4 heteroatoms. The van der Waals surface area contributed by atoms with Crippen LogP contribution in [0.15, 0.2) is 42.7 Å². The lowest BCUT2D eigenvalue weighted by atomic mass is 9.97. The van der Waals surface area contributed by atoms with Gasteiger partial charge in [0.05, 0.1) is 6.20 Å². The van der Waals surface area contributed by atoms with Gasteiger partial charge >= 0.3 is 0 Å². The Hall–Kier alpha value is -1.65. The van der Waals surface area contributed by atoms with Crippen molar-refractivity contribution in [1.29, 1.82) is 0 Å². The van der Waals surface area contributed by atoms with Gasteiger partial charge in [0.2, 0.25) is 0 Å². The highest BCUT2D eigenvalue weighted by Crippen LogP contribution is 2.21. The maximum absolute atomic E-state index is 6.45. The van der Waals surface area contributed by atoms with Crippen molar-refractivity contribution < 1.29 is 0 Å². The van der Waals surface area contributed by atoms with Gasteiger partial charge in [0, 0.05) is 37.4 Å². The first kappa shape index (κ1) is 14.8. The quantitative estimate of drug-likeness (QED) is 0.878. The first-order valence-electron chi connectivity index (χ1n) is 7.10. The van der Waals surface area contributed by atoms with E-state index in [9.17, 15) is 0 Å². The second kappa shape index (κ2) is 6.68. The van der Waals surface area contributed by atoms with Crippen molar-refractivity contribution in [2.24, 2.45) is 12.8 Å². The molecule has 0 radical (unpaired) electrons. The van der Waals surface area contributed by atoms with Crippen LogP contribution >= 0.6 is 0 Å². The van der Waals surface area contributed by atoms with Gasteiger partial charge in [-0.3, -0.25) is 9.58 Å². The maximum Gasteiger partial charge on any atom is 0.0534 e. The number of aryl methyl sites for hydroxylation is 1. The van der Waals surface area contributed by atoms with Crippen molar-refractivity contribution in [1.82, 2.24) is 14.7 Å². The Morgan fingerprint density at radius 2 is 2.00 bits per heavy atom. The fourth-order valence-electron chi connectivity index (χ4n) is 2.70. The van der Waals surface area contributed by atoms with E-state index in [1.807, 2.05) is 36.1 Å². The number of nitrogens with zero attached hydrogens (tertiary/aromatic N) is 3. The third kappa shape index (κ3) is 3.46. The topological polar surface area (TPSA) is 47.1 Å². The molecule has 0 amide bonds. The average molecular weight is 272 g/mol. The molecule has 2 N–H and O–H groups in total. The molecule has 1 heterocycles. The Kier molecular flexibility index (Phi) is 4.93. The summed E-state index contributed by atoms with van der Waals surface area (Å²) in [6, 6.07) is 10.7. The molecule has 2 aromatic rings. The number of nitrogens with two attached hydrogens (primary N) is 1. The summed E-state index contributed by atoms with van der Waals surface area (Å²) in [4.78, 5) is 2.31. The lowest BCUT2D eigenvalue weighted by Gasteiger charge is -2.32. The molecular weight excluding hydrogens is 248 g/mol. The standard InChI is InChI=1S/C16H24N4/c1-4-15(16(17)14-8-6-5-7-9-14)19(2)11-13-10-18-20(3)12-13/h5-10,12,15-16H,4,11,17H2,1-3H3. The van der Waals surface area contributed by atoms with Gasteiger partial charge in [0.25, 0.3) is 0 Å². The Labute approximate surface area is 121 Å². The van der Waals surface area contributed by atoms with E-state index in [-0.39, 0.29) is 6.04 Å². The summed E-state index contributed by atoms with van der Waals surface area (Å²) >= 11 is 0. The smallest absolute Gasteiger partial charge is 0.0534 e. The summed E-state index contributed by atoms with van der Waals surface area (Å²) in [5, 5.41) is 4.22. The van der Waals surface area contributed by atoms with E-state index < -0.39 is 0 Å². The molecule has 0 aliphatic carbocycles. The number of aromatic nitrogens is 2. The molecule has 0 aliphatic rings. The van der Waals surface area contributed by atoms with Crippen LogP contribution in [-0.4, -0.2) is 27.8 Å². The van der Waals surface area contributed by atoms with E-state index in [2.05, 4.69) is 42.3 Å². The van der Waals surface area contributed by atoms with Crippen LogP contribution in [0.5, 0.6) is 0 Å². The van der Waals surface area contributed by atoms with Crippen LogP contribution in [0.4, 0.5) is 0 Å². The fraction of sp³-hybridized carbons (Fsp3) is 0.438. The van der Waals surface area contributed by atoms with E-state index >= 15 is 0 Å². The van der Waals surface area contributed by atoms with Crippen molar-refractivity contribution in [3.05, 3.63) is 53.9 Å². The summed E-state index contributed by atoms with van der Waals surface area (Å²) in [6.07, 6.45) is 4.99. The lowest BCUT2D eigenvalue weighted by Crippen LogP contribution is -2.39. The lowest BCUT2D eigenvalue weighted by molar-refractivity contribution is 0.197. The molecule has 108 valence electrons. The number of likely N-dealkylation sites (N-methyl/N-ethyl adjacent to an activating group) is 1. The Morgan fingerprint density at radius 3 is 2.55 bits per heavy atom. The number of rotatable bonds is 6. The highest BCUT2D eigenvalue weighted by Gasteiger charge is 2.22.